The second-order valence-electron chi connectivity index (χ2n) is 6.91. The molecule has 0 saturated carbocycles. The molecular weight excluding hydrogens is 314 g/mol. The Hall–Kier alpha value is -2.34. The highest BCUT2D eigenvalue weighted by Crippen LogP contribution is 2.21. The van der Waals surface area contributed by atoms with Gasteiger partial charge in [0.1, 0.15) is 0 Å². The summed E-state index contributed by atoms with van der Waals surface area (Å²) in [4.78, 5) is 17.2. The molecule has 0 radical (unpaired) electrons. The van der Waals surface area contributed by atoms with Gasteiger partial charge in [-0.1, -0.05) is 18.2 Å². The van der Waals surface area contributed by atoms with Crippen molar-refractivity contribution in [2.75, 3.05) is 31.5 Å². The molecule has 25 heavy (non-hydrogen) atoms. The summed E-state index contributed by atoms with van der Waals surface area (Å²) in [5, 5.41) is 7.43. The maximum absolute atomic E-state index is 12.7. The Labute approximate surface area is 148 Å². The highest BCUT2D eigenvalue weighted by molar-refractivity contribution is 5.88. The summed E-state index contributed by atoms with van der Waals surface area (Å²) < 4.78 is 1.78. The van der Waals surface area contributed by atoms with E-state index >= 15 is 0 Å². The van der Waals surface area contributed by atoms with Crippen molar-refractivity contribution in [3.05, 3.63) is 42.6 Å². The number of carbonyl (C=O) groups is 1. The first-order valence-corrected chi connectivity index (χ1v) is 9.21. The first kappa shape index (κ1) is 16.1. The number of hydrogen-bond acceptors (Lipinski definition) is 3. The summed E-state index contributed by atoms with van der Waals surface area (Å²) >= 11 is 0. The van der Waals surface area contributed by atoms with Gasteiger partial charge in [0.2, 0.25) is 0 Å². The lowest BCUT2D eigenvalue weighted by atomic mass is 10.2. The van der Waals surface area contributed by atoms with Crippen LogP contribution in [0.25, 0.3) is 5.69 Å². The number of rotatable bonds is 4. The van der Waals surface area contributed by atoms with Crippen molar-refractivity contribution < 1.29 is 4.79 Å². The number of benzene rings is 1. The Kier molecular flexibility index (Phi) is 4.70. The largest absolute Gasteiger partial charge is 0.323 e. The van der Waals surface area contributed by atoms with Crippen molar-refractivity contribution >= 4 is 11.8 Å². The predicted octanol–water partition coefficient (Wildman–Crippen LogP) is 2.96. The lowest BCUT2D eigenvalue weighted by molar-refractivity contribution is 0.186. The molecular formula is C19H25N5O. The first-order valence-electron chi connectivity index (χ1n) is 9.21. The van der Waals surface area contributed by atoms with E-state index in [2.05, 4.69) is 15.3 Å². The van der Waals surface area contributed by atoms with Crippen molar-refractivity contribution in [2.24, 2.45) is 0 Å². The van der Waals surface area contributed by atoms with E-state index in [1.54, 1.807) is 4.68 Å². The zero-order valence-electron chi connectivity index (χ0n) is 14.5. The lowest BCUT2D eigenvalue weighted by Gasteiger charge is -2.28. The predicted molar refractivity (Wildman–Crippen MR) is 98.0 cm³/mol. The molecule has 2 aromatic rings. The molecule has 0 bridgehead atoms. The monoisotopic (exact) mass is 339 g/mol. The summed E-state index contributed by atoms with van der Waals surface area (Å²) in [6, 6.07) is 12.1. The van der Waals surface area contributed by atoms with Gasteiger partial charge >= 0.3 is 6.03 Å². The minimum Gasteiger partial charge on any atom is -0.320 e. The molecule has 0 unspecified atom stereocenters. The summed E-state index contributed by atoms with van der Waals surface area (Å²) in [6.45, 7) is 4.19. The fourth-order valence-electron chi connectivity index (χ4n) is 3.85. The third kappa shape index (κ3) is 3.69. The molecule has 2 aliphatic rings. The van der Waals surface area contributed by atoms with Gasteiger partial charge in [0.25, 0.3) is 0 Å². The van der Waals surface area contributed by atoms with Crippen molar-refractivity contribution in [3.63, 3.8) is 0 Å². The molecule has 132 valence electrons. The van der Waals surface area contributed by atoms with Gasteiger partial charge in [-0.15, -0.1) is 5.10 Å². The Morgan fingerprint density at radius 3 is 2.68 bits per heavy atom. The maximum atomic E-state index is 12.7. The van der Waals surface area contributed by atoms with E-state index in [9.17, 15) is 4.79 Å². The smallest absolute Gasteiger partial charge is 0.320 e. The van der Waals surface area contributed by atoms with Crippen LogP contribution in [0.15, 0.2) is 42.6 Å². The number of nitrogens with zero attached hydrogens (tertiary/aromatic N) is 4. The number of anilines is 1. The quantitative estimate of drug-likeness (QED) is 0.932. The summed E-state index contributed by atoms with van der Waals surface area (Å²) in [5.74, 6) is 0.598. The van der Waals surface area contributed by atoms with E-state index in [-0.39, 0.29) is 6.03 Å². The van der Waals surface area contributed by atoms with Crippen LogP contribution in [0.3, 0.4) is 0 Å². The molecule has 1 aromatic carbocycles. The van der Waals surface area contributed by atoms with Crippen LogP contribution in [0, 0.1) is 0 Å². The number of urea groups is 1. The number of hydrogen-bond donors (Lipinski definition) is 1. The molecule has 1 atom stereocenters. The van der Waals surface area contributed by atoms with Gasteiger partial charge in [-0.25, -0.2) is 9.48 Å². The molecule has 3 heterocycles. The SMILES string of the molecule is O=C(Nc1ccn(-c2ccccc2)n1)N1CCC[C@H]1CN1CCCC1. The number of para-hydroxylation sites is 1. The molecule has 1 N–H and O–H groups in total. The molecule has 6 heteroatoms. The Morgan fingerprint density at radius 2 is 1.88 bits per heavy atom. The number of amides is 2. The standard InChI is InChI=1S/C19H25N5O/c25-19(23-13-6-9-17(23)15-22-11-4-5-12-22)20-18-10-14-24(21-18)16-7-2-1-3-8-16/h1-3,7-8,10,14,17H,4-6,9,11-13,15H2,(H,20,21,25)/t17-/m0/s1. The van der Waals surface area contributed by atoms with Crippen LogP contribution < -0.4 is 5.32 Å². The average molecular weight is 339 g/mol. The van der Waals surface area contributed by atoms with Gasteiger partial charge in [0, 0.05) is 31.4 Å². The van der Waals surface area contributed by atoms with Gasteiger partial charge in [-0.3, -0.25) is 5.32 Å². The topological polar surface area (TPSA) is 53.4 Å². The molecule has 1 aromatic heterocycles. The van der Waals surface area contributed by atoms with E-state index < -0.39 is 0 Å². The fraction of sp³-hybridized carbons (Fsp3) is 0.474. The number of carbonyl (C=O) groups excluding carboxylic acids is 1. The second-order valence-corrected chi connectivity index (χ2v) is 6.91. The van der Waals surface area contributed by atoms with E-state index in [4.69, 9.17) is 0 Å². The third-order valence-electron chi connectivity index (χ3n) is 5.15. The van der Waals surface area contributed by atoms with Gasteiger partial charge in [0.05, 0.1) is 5.69 Å². The van der Waals surface area contributed by atoms with E-state index in [1.165, 1.54) is 25.9 Å². The van der Waals surface area contributed by atoms with Crippen LogP contribution in [0.5, 0.6) is 0 Å². The highest BCUT2D eigenvalue weighted by Gasteiger charge is 2.31. The number of likely N-dealkylation sites (tertiary alicyclic amines) is 2. The van der Waals surface area contributed by atoms with Gasteiger partial charge in [-0.05, 0) is 50.9 Å². The molecule has 2 aliphatic heterocycles. The van der Waals surface area contributed by atoms with Crippen molar-refractivity contribution in [1.29, 1.82) is 0 Å². The normalized spacial score (nSPS) is 21.0. The summed E-state index contributed by atoms with van der Waals surface area (Å²) in [7, 11) is 0. The fourth-order valence-corrected chi connectivity index (χ4v) is 3.85. The second kappa shape index (κ2) is 7.27. The molecule has 2 amide bonds. The van der Waals surface area contributed by atoms with Crippen LogP contribution in [-0.2, 0) is 0 Å². The zero-order valence-corrected chi connectivity index (χ0v) is 14.5. The Balaban J connectivity index is 1.38. The maximum Gasteiger partial charge on any atom is 0.323 e. The van der Waals surface area contributed by atoms with Crippen LogP contribution in [0.2, 0.25) is 0 Å². The molecule has 4 rings (SSSR count). The minimum atomic E-state index is -0.0278. The van der Waals surface area contributed by atoms with Gasteiger partial charge in [-0.2, -0.15) is 0 Å². The first-order chi connectivity index (χ1) is 12.3. The minimum absolute atomic E-state index is 0.0278. The van der Waals surface area contributed by atoms with Gasteiger partial charge < -0.3 is 9.80 Å². The lowest BCUT2D eigenvalue weighted by Crippen LogP contribution is -2.44. The summed E-state index contributed by atoms with van der Waals surface area (Å²) in [5.41, 5.74) is 0.982. The van der Waals surface area contributed by atoms with E-state index in [1.807, 2.05) is 47.5 Å². The number of aromatic nitrogens is 2. The highest BCUT2D eigenvalue weighted by atomic mass is 16.2. The van der Waals surface area contributed by atoms with Crippen LogP contribution in [0.4, 0.5) is 10.6 Å². The van der Waals surface area contributed by atoms with E-state index in [0.29, 0.717) is 11.9 Å². The van der Waals surface area contributed by atoms with Crippen LogP contribution in [-0.4, -0.2) is 57.8 Å². The third-order valence-corrected chi connectivity index (χ3v) is 5.15. The Bertz CT molecular complexity index is 708. The molecule has 0 spiro atoms. The Morgan fingerprint density at radius 1 is 1.08 bits per heavy atom. The average Bonchev–Trinajstić information content (AvgIpc) is 3.38. The van der Waals surface area contributed by atoms with Crippen molar-refractivity contribution in [2.45, 2.75) is 31.7 Å². The molecule has 6 nitrogen and oxygen atoms in total. The molecule has 0 aliphatic carbocycles. The molecule has 2 saturated heterocycles. The van der Waals surface area contributed by atoms with E-state index in [0.717, 1.165) is 31.6 Å². The van der Waals surface area contributed by atoms with Crippen LogP contribution in [0.1, 0.15) is 25.7 Å². The van der Waals surface area contributed by atoms with Gasteiger partial charge in [0.15, 0.2) is 5.82 Å². The van der Waals surface area contributed by atoms with Crippen molar-refractivity contribution in [3.8, 4) is 5.69 Å². The number of nitrogens with one attached hydrogen (secondary N) is 1. The van der Waals surface area contributed by atoms with Crippen LogP contribution >= 0.6 is 0 Å². The summed E-state index contributed by atoms with van der Waals surface area (Å²) in [6.07, 6.45) is 6.63. The molecule has 2 fully saturated rings. The zero-order chi connectivity index (χ0) is 17.1. The van der Waals surface area contributed by atoms with Crippen molar-refractivity contribution in [1.82, 2.24) is 19.6 Å².